The average Bonchev–Trinajstić information content (AvgIpc) is 2.27. The van der Waals surface area contributed by atoms with Crippen molar-refractivity contribution < 1.29 is 13.2 Å². The van der Waals surface area contributed by atoms with Crippen LogP contribution in [0.1, 0.15) is 6.92 Å². The highest BCUT2D eigenvalue weighted by Gasteiger charge is 2.07. The molecule has 0 bridgehead atoms. The average molecular weight is 289 g/mol. The number of hydrogen-bond acceptors (Lipinski definition) is 4. The van der Waals surface area contributed by atoms with E-state index in [-0.39, 0.29) is 11.6 Å². The molecule has 0 unspecified atom stereocenters. The number of nitrogens with two attached hydrogens (primary N) is 1. The Hall–Kier alpha value is -1.38. The first kappa shape index (κ1) is 14.7. The van der Waals surface area contributed by atoms with E-state index in [4.69, 9.17) is 10.5 Å². The van der Waals surface area contributed by atoms with Crippen molar-refractivity contribution in [3.8, 4) is 5.75 Å². The van der Waals surface area contributed by atoms with Crippen LogP contribution in [0.3, 0.4) is 0 Å². The van der Waals surface area contributed by atoms with Gasteiger partial charge < -0.3 is 10.5 Å². The minimum absolute atomic E-state index is 0.151. The lowest BCUT2D eigenvalue weighted by Gasteiger charge is -2.09. The van der Waals surface area contributed by atoms with E-state index in [1.165, 1.54) is 0 Å². The Morgan fingerprint density at radius 2 is 2.00 bits per heavy atom. The predicted molar refractivity (Wildman–Crippen MR) is 74.9 cm³/mol. The van der Waals surface area contributed by atoms with Crippen molar-refractivity contribution in [2.24, 2.45) is 5.73 Å². The summed E-state index contributed by atoms with van der Waals surface area (Å²) >= 11 is 4.67. The maximum Gasteiger partial charge on any atom is 0.299 e. The summed E-state index contributed by atoms with van der Waals surface area (Å²) in [7, 11) is -3.50. The van der Waals surface area contributed by atoms with Gasteiger partial charge in [-0.2, -0.15) is 13.1 Å². The molecule has 0 saturated carbocycles. The second kappa shape index (κ2) is 6.53. The molecule has 0 atom stereocenters. The zero-order valence-corrected chi connectivity index (χ0v) is 11.5. The summed E-state index contributed by atoms with van der Waals surface area (Å²) < 4.78 is 32.8. The number of thiocarbonyl (C=S) groups is 1. The Morgan fingerprint density at radius 3 is 2.50 bits per heavy atom. The maximum absolute atomic E-state index is 11.4. The molecule has 8 heteroatoms. The maximum atomic E-state index is 11.4. The molecule has 0 saturated heterocycles. The van der Waals surface area contributed by atoms with Crippen LogP contribution in [0.2, 0.25) is 0 Å². The fourth-order valence-electron chi connectivity index (χ4n) is 1.15. The van der Waals surface area contributed by atoms with E-state index in [1.54, 1.807) is 31.2 Å². The topological polar surface area (TPSA) is 93.5 Å². The lowest BCUT2D eigenvalue weighted by atomic mass is 10.3. The first-order valence-electron chi connectivity index (χ1n) is 5.21. The molecule has 0 aliphatic carbocycles. The second-order valence-corrected chi connectivity index (χ2v) is 5.41. The molecule has 1 rings (SSSR count). The molecule has 1 aromatic rings. The molecular formula is C10H15N3O3S2. The van der Waals surface area contributed by atoms with Gasteiger partial charge in [-0.25, -0.2) is 0 Å². The van der Waals surface area contributed by atoms with Gasteiger partial charge in [0.15, 0.2) is 0 Å². The van der Waals surface area contributed by atoms with Crippen molar-refractivity contribution in [1.29, 1.82) is 0 Å². The van der Waals surface area contributed by atoms with Gasteiger partial charge in [0.1, 0.15) is 17.3 Å². The molecule has 0 radical (unpaired) electrons. The Bertz CT molecular complexity index is 500. The van der Waals surface area contributed by atoms with Crippen LogP contribution < -0.4 is 19.9 Å². The van der Waals surface area contributed by atoms with E-state index in [0.717, 1.165) is 0 Å². The molecule has 18 heavy (non-hydrogen) atoms. The fourth-order valence-corrected chi connectivity index (χ4v) is 2.11. The Morgan fingerprint density at radius 1 is 1.39 bits per heavy atom. The zero-order chi connectivity index (χ0) is 13.6. The van der Waals surface area contributed by atoms with Gasteiger partial charge in [-0.3, -0.25) is 4.72 Å². The molecule has 1 aromatic carbocycles. The standard InChI is InChI=1S/C10H15N3O3S2/c1-2-12-18(14,15)13-8-3-5-9(6-4-8)16-7-10(11)17/h3-6,12-13H,2,7H2,1H3,(H2,11,17). The number of benzene rings is 1. The van der Waals surface area contributed by atoms with Crippen LogP contribution in [0.4, 0.5) is 5.69 Å². The first-order valence-corrected chi connectivity index (χ1v) is 7.10. The van der Waals surface area contributed by atoms with Crippen LogP contribution in [-0.2, 0) is 10.2 Å². The fraction of sp³-hybridized carbons (Fsp3) is 0.300. The third-order valence-corrected chi connectivity index (χ3v) is 3.11. The van der Waals surface area contributed by atoms with Gasteiger partial charge >= 0.3 is 0 Å². The van der Waals surface area contributed by atoms with Crippen LogP contribution >= 0.6 is 12.2 Å². The van der Waals surface area contributed by atoms with Crippen molar-refractivity contribution in [3.05, 3.63) is 24.3 Å². The minimum Gasteiger partial charge on any atom is -0.487 e. The molecule has 0 amide bonds. The second-order valence-electron chi connectivity index (χ2n) is 3.38. The largest absolute Gasteiger partial charge is 0.487 e. The summed E-state index contributed by atoms with van der Waals surface area (Å²) in [5.41, 5.74) is 5.74. The molecule has 0 heterocycles. The van der Waals surface area contributed by atoms with Crippen molar-refractivity contribution in [2.45, 2.75) is 6.92 Å². The highest BCUT2D eigenvalue weighted by molar-refractivity contribution is 7.90. The predicted octanol–water partition coefficient (Wildman–Crippen LogP) is 0.618. The van der Waals surface area contributed by atoms with Crippen LogP contribution in [0, 0.1) is 0 Å². The van der Waals surface area contributed by atoms with E-state index < -0.39 is 10.2 Å². The third-order valence-electron chi connectivity index (χ3n) is 1.82. The summed E-state index contributed by atoms with van der Waals surface area (Å²) in [5.74, 6) is 0.564. The van der Waals surface area contributed by atoms with Gasteiger partial charge in [-0.05, 0) is 24.3 Å². The monoisotopic (exact) mass is 289 g/mol. The van der Waals surface area contributed by atoms with Gasteiger partial charge in [-0.15, -0.1) is 0 Å². The lowest BCUT2D eigenvalue weighted by Crippen LogP contribution is -2.29. The number of hydrogen-bond donors (Lipinski definition) is 3. The highest BCUT2D eigenvalue weighted by atomic mass is 32.2. The normalized spacial score (nSPS) is 10.9. The van der Waals surface area contributed by atoms with E-state index >= 15 is 0 Å². The van der Waals surface area contributed by atoms with E-state index in [0.29, 0.717) is 18.0 Å². The number of anilines is 1. The lowest BCUT2D eigenvalue weighted by molar-refractivity contribution is 0.377. The molecule has 0 aromatic heterocycles. The van der Waals surface area contributed by atoms with Gasteiger partial charge in [0.25, 0.3) is 10.2 Å². The number of rotatable bonds is 7. The van der Waals surface area contributed by atoms with E-state index in [2.05, 4.69) is 21.7 Å². The van der Waals surface area contributed by atoms with Crippen molar-refractivity contribution in [3.63, 3.8) is 0 Å². The van der Waals surface area contributed by atoms with Gasteiger partial charge in [-0.1, -0.05) is 19.1 Å². The minimum atomic E-state index is -3.50. The van der Waals surface area contributed by atoms with Crippen molar-refractivity contribution in [1.82, 2.24) is 4.72 Å². The van der Waals surface area contributed by atoms with E-state index in [9.17, 15) is 8.42 Å². The summed E-state index contributed by atoms with van der Waals surface area (Å²) in [5, 5.41) is 0. The molecule has 0 spiro atoms. The third kappa shape index (κ3) is 5.30. The Balaban J connectivity index is 2.63. The van der Waals surface area contributed by atoms with Gasteiger partial charge in [0.2, 0.25) is 0 Å². The first-order chi connectivity index (χ1) is 8.43. The molecule has 0 aliphatic heterocycles. The Labute approximate surface area is 112 Å². The molecule has 0 aliphatic rings. The van der Waals surface area contributed by atoms with Gasteiger partial charge in [0.05, 0.1) is 0 Å². The molecular weight excluding hydrogens is 274 g/mol. The van der Waals surface area contributed by atoms with E-state index in [1.807, 2.05) is 0 Å². The number of nitrogens with one attached hydrogen (secondary N) is 2. The summed E-state index contributed by atoms with van der Waals surface area (Å²) in [4.78, 5) is 0.256. The summed E-state index contributed by atoms with van der Waals surface area (Å²) in [6, 6.07) is 6.43. The number of ether oxygens (including phenoxy) is 1. The van der Waals surface area contributed by atoms with Crippen LogP contribution in [0.15, 0.2) is 24.3 Å². The van der Waals surface area contributed by atoms with Crippen molar-refractivity contribution >= 4 is 33.1 Å². The smallest absolute Gasteiger partial charge is 0.299 e. The van der Waals surface area contributed by atoms with Gasteiger partial charge in [0, 0.05) is 12.2 Å². The quantitative estimate of drug-likeness (QED) is 0.640. The Kier molecular flexibility index (Phi) is 5.32. The summed E-state index contributed by atoms with van der Waals surface area (Å²) in [6.45, 7) is 2.17. The van der Waals surface area contributed by atoms with Crippen LogP contribution in [-0.4, -0.2) is 26.6 Å². The molecule has 0 fully saturated rings. The van der Waals surface area contributed by atoms with Crippen molar-refractivity contribution in [2.75, 3.05) is 17.9 Å². The highest BCUT2D eigenvalue weighted by Crippen LogP contribution is 2.16. The molecule has 100 valence electrons. The van der Waals surface area contributed by atoms with Crippen LogP contribution in [0.25, 0.3) is 0 Å². The van der Waals surface area contributed by atoms with Crippen LogP contribution in [0.5, 0.6) is 5.75 Å². The summed E-state index contributed by atoms with van der Waals surface area (Å²) in [6.07, 6.45) is 0. The SMILES string of the molecule is CCNS(=O)(=O)Nc1ccc(OCC(N)=S)cc1. The zero-order valence-electron chi connectivity index (χ0n) is 9.84. The molecule has 6 nitrogen and oxygen atoms in total. The molecule has 4 N–H and O–H groups in total.